The molecule has 6 heteroatoms. The molecule has 0 saturated heterocycles. The van der Waals surface area contributed by atoms with Gasteiger partial charge >= 0.3 is 0 Å². The maximum absolute atomic E-state index is 12.8. The lowest BCUT2D eigenvalue weighted by atomic mass is 9.95. The third-order valence-electron chi connectivity index (χ3n) is 4.06. The van der Waals surface area contributed by atoms with E-state index in [0.29, 0.717) is 17.1 Å². The number of hydrogen-bond donors (Lipinski definition) is 1. The highest BCUT2D eigenvalue weighted by Gasteiger charge is 2.42. The fourth-order valence-corrected chi connectivity index (χ4v) is 2.85. The summed E-state index contributed by atoms with van der Waals surface area (Å²) in [7, 11) is 3.07. The zero-order valence-corrected chi connectivity index (χ0v) is 13.6. The Kier molecular flexibility index (Phi) is 3.89. The number of amides is 1. The largest absolute Gasteiger partial charge is 0.503 e. The van der Waals surface area contributed by atoms with Crippen LogP contribution in [0.3, 0.4) is 0 Å². The molecular formula is C18H17NO5. The van der Waals surface area contributed by atoms with Crippen molar-refractivity contribution in [1.29, 1.82) is 0 Å². The summed E-state index contributed by atoms with van der Waals surface area (Å²) in [6.07, 6.45) is 0. The second-order valence-corrected chi connectivity index (χ2v) is 5.60. The molecule has 1 unspecified atom stereocenters. The second-order valence-electron chi connectivity index (χ2n) is 5.60. The van der Waals surface area contributed by atoms with Gasteiger partial charge in [-0.3, -0.25) is 9.59 Å². The van der Waals surface area contributed by atoms with Gasteiger partial charge in [0.05, 0.1) is 18.7 Å². The van der Waals surface area contributed by atoms with Gasteiger partial charge in [0.1, 0.15) is 11.5 Å². The molecule has 0 spiro atoms. The fourth-order valence-electron chi connectivity index (χ4n) is 2.85. The van der Waals surface area contributed by atoms with Crippen molar-refractivity contribution < 1.29 is 23.8 Å². The Morgan fingerprint density at radius 1 is 1.29 bits per heavy atom. The normalized spacial score (nSPS) is 17.5. The first kappa shape index (κ1) is 15.9. The van der Waals surface area contributed by atoms with E-state index in [4.69, 9.17) is 9.15 Å². The Morgan fingerprint density at radius 3 is 2.67 bits per heavy atom. The maximum Gasteiger partial charge on any atom is 0.289 e. The average Bonchev–Trinajstić information content (AvgIpc) is 3.11. The van der Waals surface area contributed by atoms with Crippen LogP contribution >= 0.6 is 0 Å². The minimum atomic E-state index is -0.703. The Hall–Kier alpha value is -3.02. The van der Waals surface area contributed by atoms with E-state index in [1.165, 1.54) is 25.1 Å². The first-order valence-electron chi connectivity index (χ1n) is 7.39. The molecule has 0 saturated carbocycles. The van der Waals surface area contributed by atoms with Crippen molar-refractivity contribution >= 4 is 11.7 Å². The number of Topliss-reactive ketones (excluding diaryl/α,β-unsaturated/α-hetero) is 1. The number of aliphatic hydroxyl groups excluding tert-OH is 1. The number of ether oxygens (including phenoxy) is 1. The van der Waals surface area contributed by atoms with Crippen molar-refractivity contribution in [2.45, 2.75) is 13.0 Å². The van der Waals surface area contributed by atoms with Crippen molar-refractivity contribution in [2.24, 2.45) is 0 Å². The van der Waals surface area contributed by atoms with E-state index in [9.17, 15) is 14.7 Å². The molecule has 2 heterocycles. The van der Waals surface area contributed by atoms with Gasteiger partial charge in [0.2, 0.25) is 5.78 Å². The van der Waals surface area contributed by atoms with Crippen LogP contribution in [0.15, 0.2) is 52.1 Å². The molecule has 1 aliphatic rings. The summed E-state index contributed by atoms with van der Waals surface area (Å²) in [4.78, 5) is 26.3. The van der Waals surface area contributed by atoms with Crippen molar-refractivity contribution in [3.63, 3.8) is 0 Å². The van der Waals surface area contributed by atoms with E-state index in [1.807, 2.05) is 0 Å². The van der Waals surface area contributed by atoms with Crippen LogP contribution in [0.4, 0.5) is 0 Å². The molecule has 1 aromatic carbocycles. The molecule has 24 heavy (non-hydrogen) atoms. The van der Waals surface area contributed by atoms with E-state index >= 15 is 0 Å². The lowest BCUT2D eigenvalue weighted by Gasteiger charge is -2.22. The summed E-state index contributed by atoms with van der Waals surface area (Å²) in [5.74, 6) is -0.399. The topological polar surface area (TPSA) is 80.0 Å². The highest BCUT2D eigenvalue weighted by atomic mass is 16.5. The van der Waals surface area contributed by atoms with Crippen LogP contribution in [-0.2, 0) is 4.79 Å². The summed E-state index contributed by atoms with van der Waals surface area (Å²) in [5.41, 5.74) is 0.672. The molecule has 3 rings (SSSR count). The van der Waals surface area contributed by atoms with Crippen molar-refractivity contribution in [3.05, 3.63) is 64.8 Å². The Labute approximate surface area is 138 Å². The monoisotopic (exact) mass is 327 g/mol. The number of methoxy groups -OCH3 is 1. The minimum absolute atomic E-state index is 0.00473. The van der Waals surface area contributed by atoms with E-state index in [1.54, 1.807) is 37.3 Å². The van der Waals surface area contributed by atoms with Gasteiger partial charge in [-0.25, -0.2) is 0 Å². The number of ketones is 1. The highest BCUT2D eigenvalue weighted by Crippen LogP contribution is 2.38. The number of carbonyl (C=O) groups is 2. The number of hydrogen-bond acceptors (Lipinski definition) is 5. The van der Waals surface area contributed by atoms with Crippen LogP contribution < -0.4 is 4.74 Å². The smallest absolute Gasteiger partial charge is 0.289 e. The number of furan rings is 1. The first-order chi connectivity index (χ1) is 11.4. The second kappa shape index (κ2) is 5.88. The average molecular weight is 327 g/mol. The predicted molar refractivity (Wildman–Crippen MR) is 85.9 cm³/mol. The number of likely N-dealkylation sites (N-methyl/N-ethyl adjacent to an activating group) is 1. The zero-order valence-electron chi connectivity index (χ0n) is 13.6. The quantitative estimate of drug-likeness (QED) is 0.874. The molecule has 2 aromatic rings. The number of benzene rings is 1. The van der Waals surface area contributed by atoms with Gasteiger partial charge in [0.15, 0.2) is 11.5 Å². The molecule has 0 aliphatic carbocycles. The van der Waals surface area contributed by atoms with Gasteiger partial charge in [-0.05, 0) is 36.8 Å². The van der Waals surface area contributed by atoms with E-state index < -0.39 is 23.5 Å². The van der Waals surface area contributed by atoms with Crippen LogP contribution in [0.25, 0.3) is 0 Å². The Balaban J connectivity index is 2.09. The third-order valence-corrected chi connectivity index (χ3v) is 4.06. The van der Waals surface area contributed by atoms with Gasteiger partial charge in [-0.2, -0.15) is 0 Å². The summed E-state index contributed by atoms with van der Waals surface area (Å²) < 4.78 is 10.6. The molecule has 1 aliphatic heterocycles. The highest BCUT2D eigenvalue weighted by molar-refractivity contribution is 6.14. The number of aliphatic hydroxyl groups is 1. The molecular weight excluding hydrogens is 310 g/mol. The first-order valence-corrected chi connectivity index (χ1v) is 7.39. The van der Waals surface area contributed by atoms with Crippen molar-refractivity contribution in [3.8, 4) is 5.75 Å². The predicted octanol–water partition coefficient (Wildman–Crippen LogP) is 2.80. The van der Waals surface area contributed by atoms with Crippen LogP contribution in [-0.4, -0.2) is 35.9 Å². The number of carbonyl (C=O) groups excluding carboxylic acids is 2. The standard InChI is InChI=1S/C18H17NO5/c1-10-7-8-13(24-10)16(20)14-15(19(2)18(22)17(14)21)11-5-4-6-12(9-11)23-3/h4-9,15,21H,1-3H3. The summed E-state index contributed by atoms with van der Waals surface area (Å²) in [5, 5.41) is 10.2. The fraction of sp³-hybridized carbons (Fsp3) is 0.222. The van der Waals surface area contributed by atoms with Gasteiger partial charge in [0, 0.05) is 7.05 Å². The summed E-state index contributed by atoms with van der Waals surface area (Å²) >= 11 is 0. The van der Waals surface area contributed by atoms with Gasteiger partial charge < -0.3 is 19.2 Å². The van der Waals surface area contributed by atoms with Gasteiger partial charge in [-0.1, -0.05) is 12.1 Å². The zero-order chi connectivity index (χ0) is 17.4. The summed E-state index contributed by atoms with van der Waals surface area (Å²) in [6.45, 7) is 1.72. The lowest BCUT2D eigenvalue weighted by Crippen LogP contribution is -2.26. The van der Waals surface area contributed by atoms with Crippen LogP contribution in [0.5, 0.6) is 5.75 Å². The number of nitrogens with zero attached hydrogens (tertiary/aromatic N) is 1. The Morgan fingerprint density at radius 2 is 2.04 bits per heavy atom. The molecule has 124 valence electrons. The van der Waals surface area contributed by atoms with Gasteiger partial charge in [0.25, 0.3) is 5.91 Å². The van der Waals surface area contributed by atoms with E-state index in [-0.39, 0.29) is 11.3 Å². The number of aryl methyl sites for hydroxylation is 1. The Bertz CT molecular complexity index is 849. The summed E-state index contributed by atoms with van der Waals surface area (Å²) in [6, 6.07) is 9.52. The molecule has 1 aromatic heterocycles. The molecule has 6 nitrogen and oxygen atoms in total. The molecule has 0 bridgehead atoms. The van der Waals surface area contributed by atoms with Crippen molar-refractivity contribution in [1.82, 2.24) is 4.90 Å². The maximum atomic E-state index is 12.8. The minimum Gasteiger partial charge on any atom is -0.503 e. The van der Waals surface area contributed by atoms with Crippen molar-refractivity contribution in [2.75, 3.05) is 14.2 Å². The molecule has 1 N–H and O–H groups in total. The SMILES string of the molecule is COc1cccc(C2C(C(=O)c3ccc(C)o3)=C(O)C(=O)N2C)c1. The van der Waals surface area contributed by atoms with Gasteiger partial charge in [-0.15, -0.1) is 0 Å². The molecule has 0 radical (unpaired) electrons. The van der Waals surface area contributed by atoms with Crippen LogP contribution in [0.2, 0.25) is 0 Å². The van der Waals surface area contributed by atoms with Crippen LogP contribution in [0.1, 0.15) is 27.9 Å². The number of rotatable bonds is 4. The van der Waals surface area contributed by atoms with E-state index in [2.05, 4.69) is 0 Å². The molecule has 0 fully saturated rings. The lowest BCUT2D eigenvalue weighted by molar-refractivity contribution is -0.128. The van der Waals surface area contributed by atoms with Crippen LogP contribution in [0, 0.1) is 6.92 Å². The molecule has 1 atom stereocenters. The van der Waals surface area contributed by atoms with E-state index in [0.717, 1.165) is 0 Å². The third kappa shape index (κ3) is 2.46. The molecule has 1 amide bonds.